The molecule has 3 aliphatic heterocycles. The number of morpholine rings is 2. The largest absolute Gasteiger partial charge is 0.378 e. The first-order valence-electron chi connectivity index (χ1n) is 7.60. The van der Waals surface area contributed by atoms with Gasteiger partial charge in [0, 0.05) is 13.1 Å². The molecule has 0 atom stereocenters. The lowest BCUT2D eigenvalue weighted by atomic mass is 10.2. The van der Waals surface area contributed by atoms with E-state index < -0.39 is 0 Å². The molecule has 0 N–H and O–H groups in total. The van der Waals surface area contributed by atoms with Crippen LogP contribution in [0.2, 0.25) is 0 Å². The molecule has 0 aromatic rings. The Labute approximate surface area is 119 Å². The standard InChI is InChI=1S/C13H26N3O2S/c1-2-4-14(5-3-1)19(15-6-10-17-11-7-15)16-8-12-18-13-9-16/h1-13H2/q+1. The second-order valence-electron chi connectivity index (χ2n) is 5.32. The van der Waals surface area contributed by atoms with Crippen molar-refractivity contribution in [1.29, 1.82) is 0 Å². The molecule has 3 aliphatic rings. The smallest absolute Gasteiger partial charge is 0.268 e. The summed E-state index contributed by atoms with van der Waals surface area (Å²) in [7, 11) is 0. The first kappa shape index (κ1) is 14.1. The Bertz CT molecular complexity index is 222. The van der Waals surface area contributed by atoms with Crippen molar-refractivity contribution in [2.24, 2.45) is 0 Å². The molecule has 3 rings (SSSR count). The van der Waals surface area contributed by atoms with Crippen LogP contribution < -0.4 is 0 Å². The van der Waals surface area contributed by atoms with Crippen LogP contribution in [0.3, 0.4) is 0 Å². The molecule has 3 heterocycles. The molecule has 19 heavy (non-hydrogen) atoms. The molecule has 0 unspecified atom stereocenters. The van der Waals surface area contributed by atoms with Crippen molar-refractivity contribution in [1.82, 2.24) is 12.9 Å². The van der Waals surface area contributed by atoms with Gasteiger partial charge in [0.2, 0.25) is 0 Å². The van der Waals surface area contributed by atoms with Crippen molar-refractivity contribution in [2.45, 2.75) is 19.3 Å². The van der Waals surface area contributed by atoms with E-state index in [-0.39, 0.29) is 11.5 Å². The third kappa shape index (κ3) is 3.62. The number of hydrogen-bond acceptors (Lipinski definition) is 5. The predicted octanol–water partition coefficient (Wildman–Crippen LogP) is 0.500. The summed E-state index contributed by atoms with van der Waals surface area (Å²) in [5, 5.41) is 0. The van der Waals surface area contributed by atoms with Gasteiger partial charge in [-0.25, -0.2) is 0 Å². The molecule has 0 aromatic carbocycles. The van der Waals surface area contributed by atoms with E-state index in [0.717, 1.165) is 52.6 Å². The Morgan fingerprint density at radius 1 is 0.526 bits per heavy atom. The summed E-state index contributed by atoms with van der Waals surface area (Å²) in [6.07, 6.45) is 4.12. The fourth-order valence-electron chi connectivity index (χ4n) is 2.94. The van der Waals surface area contributed by atoms with E-state index in [9.17, 15) is 0 Å². The quantitative estimate of drug-likeness (QED) is 0.705. The van der Waals surface area contributed by atoms with E-state index in [1.54, 1.807) is 0 Å². The Morgan fingerprint density at radius 3 is 1.42 bits per heavy atom. The van der Waals surface area contributed by atoms with Gasteiger partial charge < -0.3 is 9.47 Å². The lowest BCUT2D eigenvalue weighted by Gasteiger charge is -2.37. The summed E-state index contributed by atoms with van der Waals surface area (Å²) in [5.74, 6) is 0. The molecular formula is C13H26N3O2S+. The molecule has 0 bridgehead atoms. The van der Waals surface area contributed by atoms with Gasteiger partial charge >= 0.3 is 0 Å². The number of ether oxygens (including phenoxy) is 2. The molecule has 0 radical (unpaired) electrons. The molecule has 0 saturated carbocycles. The van der Waals surface area contributed by atoms with Crippen LogP contribution >= 0.6 is 0 Å². The highest BCUT2D eigenvalue weighted by atomic mass is 32.2. The minimum atomic E-state index is 0.156. The fourth-order valence-corrected chi connectivity index (χ4v) is 5.45. The second-order valence-corrected chi connectivity index (χ2v) is 7.36. The molecular weight excluding hydrogens is 262 g/mol. The van der Waals surface area contributed by atoms with Gasteiger partial charge in [-0.1, -0.05) is 19.3 Å². The summed E-state index contributed by atoms with van der Waals surface area (Å²) in [4.78, 5) is 0. The molecule has 3 fully saturated rings. The maximum atomic E-state index is 5.53. The van der Waals surface area contributed by atoms with Crippen molar-refractivity contribution in [3.05, 3.63) is 0 Å². The second kappa shape index (κ2) is 7.24. The van der Waals surface area contributed by atoms with E-state index in [0.29, 0.717) is 0 Å². The fraction of sp³-hybridized carbons (Fsp3) is 1.00. The van der Waals surface area contributed by atoms with E-state index in [1.807, 2.05) is 0 Å². The summed E-state index contributed by atoms with van der Waals surface area (Å²) < 4.78 is 19.0. The lowest BCUT2D eigenvalue weighted by Crippen LogP contribution is -2.59. The first-order valence-corrected chi connectivity index (χ1v) is 8.70. The zero-order valence-corrected chi connectivity index (χ0v) is 12.6. The van der Waals surface area contributed by atoms with Crippen molar-refractivity contribution in [3.8, 4) is 0 Å². The van der Waals surface area contributed by atoms with Gasteiger partial charge in [0.15, 0.2) is 0 Å². The number of nitrogens with zero attached hydrogens (tertiary/aromatic N) is 3. The van der Waals surface area contributed by atoms with E-state index in [4.69, 9.17) is 9.47 Å². The van der Waals surface area contributed by atoms with Crippen LogP contribution in [0.15, 0.2) is 0 Å². The van der Waals surface area contributed by atoms with Gasteiger partial charge in [0.25, 0.3) is 11.5 Å². The number of rotatable bonds is 3. The zero-order chi connectivity index (χ0) is 12.9. The van der Waals surface area contributed by atoms with Crippen LogP contribution in [0, 0.1) is 0 Å². The van der Waals surface area contributed by atoms with Gasteiger partial charge in [0.1, 0.15) is 0 Å². The molecule has 110 valence electrons. The van der Waals surface area contributed by atoms with Gasteiger partial charge in [-0.15, -0.1) is 0 Å². The van der Waals surface area contributed by atoms with E-state index in [2.05, 4.69) is 12.9 Å². The summed E-state index contributed by atoms with van der Waals surface area (Å²) >= 11 is 0.156. The zero-order valence-electron chi connectivity index (χ0n) is 11.8. The van der Waals surface area contributed by atoms with Gasteiger partial charge in [-0.3, -0.25) is 0 Å². The van der Waals surface area contributed by atoms with Crippen LogP contribution in [-0.2, 0) is 20.9 Å². The number of piperidine rings is 1. The van der Waals surface area contributed by atoms with Crippen molar-refractivity contribution in [3.63, 3.8) is 0 Å². The maximum Gasteiger partial charge on any atom is 0.268 e. The number of hydrogen-bond donors (Lipinski definition) is 0. The highest BCUT2D eigenvalue weighted by Crippen LogP contribution is 2.23. The van der Waals surface area contributed by atoms with Crippen LogP contribution in [0.1, 0.15) is 19.3 Å². The third-order valence-electron chi connectivity index (χ3n) is 3.95. The molecule has 0 amide bonds. The highest BCUT2D eigenvalue weighted by molar-refractivity contribution is 7.90. The maximum absolute atomic E-state index is 5.53. The molecule has 6 heteroatoms. The summed E-state index contributed by atoms with van der Waals surface area (Å²) in [6.45, 7) is 10.4. The first-order chi connectivity index (χ1) is 9.45. The highest BCUT2D eigenvalue weighted by Gasteiger charge is 2.44. The predicted molar refractivity (Wildman–Crippen MR) is 77.6 cm³/mol. The Kier molecular flexibility index (Phi) is 5.38. The monoisotopic (exact) mass is 288 g/mol. The minimum Gasteiger partial charge on any atom is -0.378 e. The minimum absolute atomic E-state index is 0.156. The van der Waals surface area contributed by atoms with Crippen molar-refractivity contribution in [2.75, 3.05) is 65.7 Å². The van der Waals surface area contributed by atoms with Crippen LogP contribution in [0.25, 0.3) is 0 Å². The van der Waals surface area contributed by atoms with Crippen LogP contribution in [0.4, 0.5) is 0 Å². The SMILES string of the molecule is C1CCN([S+](N2CCOCC2)N2CCOCC2)CC1. The lowest BCUT2D eigenvalue weighted by molar-refractivity contribution is 0.0562. The van der Waals surface area contributed by atoms with E-state index >= 15 is 0 Å². The average molecular weight is 288 g/mol. The normalized spacial score (nSPS) is 28.9. The van der Waals surface area contributed by atoms with Gasteiger partial charge in [-0.05, 0) is 12.8 Å². The Morgan fingerprint density at radius 2 is 0.947 bits per heavy atom. The van der Waals surface area contributed by atoms with Gasteiger partial charge in [0.05, 0.1) is 52.6 Å². The molecule has 0 aliphatic carbocycles. The van der Waals surface area contributed by atoms with E-state index in [1.165, 1.54) is 32.4 Å². The molecule has 0 aromatic heterocycles. The molecule has 3 saturated heterocycles. The molecule has 5 nitrogen and oxygen atoms in total. The summed E-state index contributed by atoms with van der Waals surface area (Å²) in [6, 6.07) is 0. The van der Waals surface area contributed by atoms with Gasteiger partial charge in [-0.2, -0.15) is 0 Å². The Hall–Kier alpha value is 0.150. The average Bonchev–Trinajstić information content (AvgIpc) is 2.51. The topological polar surface area (TPSA) is 28.2 Å². The van der Waals surface area contributed by atoms with Crippen molar-refractivity contribution >= 4 is 11.5 Å². The van der Waals surface area contributed by atoms with Crippen LogP contribution in [0.5, 0.6) is 0 Å². The van der Waals surface area contributed by atoms with Crippen LogP contribution in [-0.4, -0.2) is 78.6 Å². The Balaban J connectivity index is 1.68. The third-order valence-corrected chi connectivity index (χ3v) is 6.43. The summed E-state index contributed by atoms with van der Waals surface area (Å²) in [5.41, 5.74) is 0. The van der Waals surface area contributed by atoms with Crippen molar-refractivity contribution < 1.29 is 9.47 Å². The molecule has 0 spiro atoms.